The molecule has 4 unspecified atom stereocenters. The van der Waals surface area contributed by atoms with E-state index in [2.05, 4.69) is 16.0 Å². The second-order valence-corrected chi connectivity index (χ2v) is 6.43. The molecular formula is C16H30N6O6. The molecule has 28 heavy (non-hydrogen) atoms. The Morgan fingerprint density at radius 2 is 1.46 bits per heavy atom. The zero-order chi connectivity index (χ0) is 21.9. The van der Waals surface area contributed by atoms with Crippen molar-refractivity contribution >= 4 is 29.6 Å². The first-order valence-corrected chi connectivity index (χ1v) is 8.87. The van der Waals surface area contributed by atoms with Gasteiger partial charge in [0.15, 0.2) is 0 Å². The predicted molar refractivity (Wildman–Crippen MR) is 99.5 cm³/mol. The lowest BCUT2D eigenvalue weighted by Crippen LogP contribution is -2.56. The van der Waals surface area contributed by atoms with Gasteiger partial charge in [0, 0.05) is 0 Å². The Kier molecular flexibility index (Phi) is 11.4. The van der Waals surface area contributed by atoms with E-state index in [1.807, 2.05) is 0 Å². The molecule has 12 heteroatoms. The molecule has 10 N–H and O–H groups in total. The van der Waals surface area contributed by atoms with Gasteiger partial charge in [0.1, 0.15) is 18.1 Å². The van der Waals surface area contributed by atoms with Crippen molar-refractivity contribution in [2.24, 2.45) is 17.2 Å². The lowest BCUT2D eigenvalue weighted by molar-refractivity contribution is -0.143. The highest BCUT2D eigenvalue weighted by Gasteiger charge is 2.28. The third kappa shape index (κ3) is 9.83. The van der Waals surface area contributed by atoms with Crippen LogP contribution in [0.3, 0.4) is 0 Å². The summed E-state index contributed by atoms with van der Waals surface area (Å²) in [6, 6.07) is -4.38. The first kappa shape index (κ1) is 25.3. The number of carbonyl (C=O) groups excluding carboxylic acids is 4. The lowest BCUT2D eigenvalue weighted by Gasteiger charge is -2.23. The summed E-state index contributed by atoms with van der Waals surface area (Å²) in [5.74, 6) is -4.31. The topological polar surface area (TPSA) is 220 Å². The van der Waals surface area contributed by atoms with Crippen molar-refractivity contribution in [2.45, 2.75) is 63.7 Å². The summed E-state index contributed by atoms with van der Waals surface area (Å²) >= 11 is 0. The third-order valence-corrected chi connectivity index (χ3v) is 3.77. The highest BCUT2D eigenvalue weighted by molar-refractivity contribution is 5.94. The molecule has 0 saturated heterocycles. The first-order chi connectivity index (χ1) is 13.0. The first-order valence-electron chi connectivity index (χ1n) is 8.87. The zero-order valence-electron chi connectivity index (χ0n) is 16.1. The van der Waals surface area contributed by atoms with Crippen molar-refractivity contribution in [3.8, 4) is 0 Å². The molecule has 0 aliphatic rings. The van der Waals surface area contributed by atoms with E-state index in [0.29, 0.717) is 19.4 Å². The number of amides is 4. The van der Waals surface area contributed by atoms with Crippen LogP contribution in [0, 0.1) is 0 Å². The molecule has 0 bridgehead atoms. The van der Waals surface area contributed by atoms with E-state index in [9.17, 15) is 24.0 Å². The number of nitrogens with one attached hydrogen (secondary N) is 3. The van der Waals surface area contributed by atoms with E-state index < -0.39 is 60.2 Å². The second-order valence-electron chi connectivity index (χ2n) is 6.43. The van der Waals surface area contributed by atoms with E-state index in [-0.39, 0.29) is 6.42 Å². The summed E-state index contributed by atoms with van der Waals surface area (Å²) in [4.78, 5) is 58.3. The molecule has 0 radical (unpaired) electrons. The highest BCUT2D eigenvalue weighted by atomic mass is 16.4. The fourth-order valence-electron chi connectivity index (χ4n) is 2.14. The van der Waals surface area contributed by atoms with Crippen LogP contribution in [-0.2, 0) is 24.0 Å². The molecule has 0 aliphatic carbocycles. The lowest BCUT2D eigenvalue weighted by atomic mass is 10.1. The number of rotatable bonds is 13. The summed E-state index contributed by atoms with van der Waals surface area (Å²) < 4.78 is 0. The van der Waals surface area contributed by atoms with Crippen LogP contribution >= 0.6 is 0 Å². The van der Waals surface area contributed by atoms with Gasteiger partial charge in [0.2, 0.25) is 23.6 Å². The molecule has 0 rings (SSSR count). The SMILES string of the molecule is CC(N)C(=O)NC(CCCCN)C(=O)NC(C)C(=O)NC(CC(N)=O)C(=O)O. The van der Waals surface area contributed by atoms with Crippen LogP contribution < -0.4 is 33.2 Å². The van der Waals surface area contributed by atoms with Gasteiger partial charge in [0.05, 0.1) is 12.5 Å². The van der Waals surface area contributed by atoms with Gasteiger partial charge in [0.25, 0.3) is 0 Å². The van der Waals surface area contributed by atoms with Crippen molar-refractivity contribution < 1.29 is 29.1 Å². The fourth-order valence-corrected chi connectivity index (χ4v) is 2.14. The molecule has 0 aromatic rings. The molecule has 0 aromatic carbocycles. The molecule has 0 aromatic heterocycles. The standard InChI is InChI=1S/C16H30N6O6/c1-8(18)13(24)21-10(5-3-4-6-17)15(26)20-9(2)14(25)22-11(16(27)28)7-12(19)23/h8-11H,3-7,17-18H2,1-2H3,(H2,19,23)(H,20,26)(H,21,24)(H,22,25)(H,27,28). The average Bonchev–Trinajstić information content (AvgIpc) is 2.59. The summed E-state index contributed by atoms with van der Waals surface area (Å²) in [5, 5.41) is 16.0. The second kappa shape index (κ2) is 12.6. The van der Waals surface area contributed by atoms with Crippen molar-refractivity contribution in [1.29, 1.82) is 0 Å². The Bertz CT molecular complexity index is 582. The quantitative estimate of drug-likeness (QED) is 0.156. The van der Waals surface area contributed by atoms with Crippen LogP contribution in [-0.4, -0.2) is 65.4 Å². The Hall–Kier alpha value is -2.73. The van der Waals surface area contributed by atoms with E-state index in [1.54, 1.807) is 0 Å². The van der Waals surface area contributed by atoms with Gasteiger partial charge in [-0.3, -0.25) is 19.2 Å². The summed E-state index contributed by atoms with van der Waals surface area (Å²) in [7, 11) is 0. The maximum atomic E-state index is 12.4. The summed E-state index contributed by atoms with van der Waals surface area (Å²) in [5.41, 5.74) is 15.9. The zero-order valence-corrected chi connectivity index (χ0v) is 16.1. The Morgan fingerprint density at radius 1 is 0.893 bits per heavy atom. The van der Waals surface area contributed by atoms with Crippen LogP contribution in [0.25, 0.3) is 0 Å². The molecule has 0 heterocycles. The number of carbonyl (C=O) groups is 5. The predicted octanol–water partition coefficient (Wildman–Crippen LogP) is -3.10. The van der Waals surface area contributed by atoms with Gasteiger partial charge in [-0.25, -0.2) is 4.79 Å². The minimum Gasteiger partial charge on any atom is -0.480 e. The van der Waals surface area contributed by atoms with E-state index in [1.165, 1.54) is 13.8 Å². The third-order valence-electron chi connectivity index (χ3n) is 3.77. The van der Waals surface area contributed by atoms with Gasteiger partial charge < -0.3 is 38.3 Å². The molecule has 160 valence electrons. The minimum atomic E-state index is -1.51. The normalized spacial score (nSPS) is 14.9. The van der Waals surface area contributed by atoms with Gasteiger partial charge >= 0.3 is 5.97 Å². The van der Waals surface area contributed by atoms with Crippen LogP contribution in [0.5, 0.6) is 0 Å². The number of primary amides is 1. The number of carboxylic acids is 1. The molecule has 4 amide bonds. The Labute approximate surface area is 162 Å². The van der Waals surface area contributed by atoms with Gasteiger partial charge in [-0.1, -0.05) is 0 Å². The van der Waals surface area contributed by atoms with Gasteiger partial charge in [-0.2, -0.15) is 0 Å². The molecule has 12 nitrogen and oxygen atoms in total. The molecular weight excluding hydrogens is 372 g/mol. The molecule has 0 fully saturated rings. The largest absolute Gasteiger partial charge is 0.480 e. The number of hydrogen-bond donors (Lipinski definition) is 7. The Balaban J connectivity index is 4.95. The van der Waals surface area contributed by atoms with Crippen LogP contribution in [0.1, 0.15) is 39.5 Å². The van der Waals surface area contributed by atoms with E-state index >= 15 is 0 Å². The van der Waals surface area contributed by atoms with Gasteiger partial charge in [-0.05, 0) is 39.7 Å². The number of nitrogens with two attached hydrogens (primary N) is 3. The highest BCUT2D eigenvalue weighted by Crippen LogP contribution is 2.03. The summed E-state index contributed by atoms with van der Waals surface area (Å²) in [6.45, 7) is 3.22. The maximum absolute atomic E-state index is 12.4. The number of unbranched alkanes of at least 4 members (excludes halogenated alkanes) is 1. The minimum absolute atomic E-state index is 0.287. The average molecular weight is 402 g/mol. The molecule has 0 saturated carbocycles. The molecule has 4 atom stereocenters. The van der Waals surface area contributed by atoms with Crippen molar-refractivity contribution in [1.82, 2.24) is 16.0 Å². The Morgan fingerprint density at radius 3 is 1.93 bits per heavy atom. The van der Waals surface area contributed by atoms with Crippen molar-refractivity contribution in [3.63, 3.8) is 0 Å². The number of aliphatic carboxylic acids is 1. The number of hydrogen-bond acceptors (Lipinski definition) is 7. The van der Waals surface area contributed by atoms with Crippen LogP contribution in [0.4, 0.5) is 0 Å². The molecule has 0 aliphatic heterocycles. The molecule has 0 spiro atoms. The van der Waals surface area contributed by atoms with Crippen molar-refractivity contribution in [2.75, 3.05) is 6.54 Å². The summed E-state index contributed by atoms with van der Waals surface area (Å²) in [6.07, 6.45) is 0.901. The number of carboxylic acid groups (broad SMARTS) is 1. The van der Waals surface area contributed by atoms with E-state index in [4.69, 9.17) is 22.3 Å². The smallest absolute Gasteiger partial charge is 0.326 e. The van der Waals surface area contributed by atoms with Crippen molar-refractivity contribution in [3.05, 3.63) is 0 Å². The van der Waals surface area contributed by atoms with Crippen LogP contribution in [0.2, 0.25) is 0 Å². The fraction of sp³-hybridized carbons (Fsp3) is 0.688. The monoisotopic (exact) mass is 402 g/mol. The van der Waals surface area contributed by atoms with E-state index in [0.717, 1.165) is 0 Å². The van der Waals surface area contributed by atoms with Gasteiger partial charge in [-0.15, -0.1) is 0 Å². The van der Waals surface area contributed by atoms with Crippen LogP contribution in [0.15, 0.2) is 0 Å². The maximum Gasteiger partial charge on any atom is 0.326 e.